The number of aryl methyl sites for hydroxylation is 1. The van der Waals surface area contributed by atoms with Gasteiger partial charge in [-0.05, 0) is 42.0 Å². The molecule has 0 saturated heterocycles. The maximum atomic E-state index is 12.4. The van der Waals surface area contributed by atoms with E-state index in [1.807, 2.05) is 31.3 Å². The van der Waals surface area contributed by atoms with Crippen LogP contribution in [0.15, 0.2) is 48.7 Å². The van der Waals surface area contributed by atoms with Crippen molar-refractivity contribution < 1.29 is 9.53 Å². The molecular formula is C20H22N4O2. The molecule has 6 nitrogen and oxygen atoms in total. The highest BCUT2D eigenvalue weighted by Crippen LogP contribution is 2.28. The molecule has 1 aromatic carbocycles. The SMILES string of the molecule is COc1cccc2c1cc(CN(C)C(=O)/C=C/c1ccc(N)nc1)n2C. The van der Waals surface area contributed by atoms with Gasteiger partial charge in [0.25, 0.3) is 0 Å². The summed E-state index contributed by atoms with van der Waals surface area (Å²) >= 11 is 0. The van der Waals surface area contributed by atoms with Crippen LogP contribution in [-0.2, 0) is 18.4 Å². The van der Waals surface area contributed by atoms with E-state index in [1.165, 1.54) is 6.08 Å². The summed E-state index contributed by atoms with van der Waals surface area (Å²) in [6, 6.07) is 11.5. The minimum absolute atomic E-state index is 0.0842. The van der Waals surface area contributed by atoms with Crippen molar-refractivity contribution in [1.82, 2.24) is 14.5 Å². The van der Waals surface area contributed by atoms with Crippen molar-refractivity contribution in [2.75, 3.05) is 19.9 Å². The van der Waals surface area contributed by atoms with E-state index in [1.54, 1.807) is 37.4 Å². The number of fused-ring (bicyclic) bond motifs is 1. The van der Waals surface area contributed by atoms with Gasteiger partial charge in [-0.2, -0.15) is 0 Å². The molecule has 0 saturated carbocycles. The minimum Gasteiger partial charge on any atom is -0.496 e. The predicted octanol–water partition coefficient (Wildman–Crippen LogP) is 2.84. The Hall–Kier alpha value is -3.28. The van der Waals surface area contributed by atoms with Gasteiger partial charge in [-0.3, -0.25) is 4.79 Å². The number of aromatic nitrogens is 2. The van der Waals surface area contributed by atoms with Crippen LogP contribution in [0, 0.1) is 0 Å². The van der Waals surface area contributed by atoms with E-state index in [9.17, 15) is 4.79 Å². The van der Waals surface area contributed by atoms with Gasteiger partial charge in [0.15, 0.2) is 0 Å². The minimum atomic E-state index is -0.0842. The van der Waals surface area contributed by atoms with Crippen LogP contribution in [0.2, 0.25) is 0 Å². The van der Waals surface area contributed by atoms with Gasteiger partial charge in [0.1, 0.15) is 11.6 Å². The first-order valence-electron chi connectivity index (χ1n) is 8.25. The lowest BCUT2D eigenvalue weighted by molar-refractivity contribution is -0.125. The third kappa shape index (κ3) is 3.54. The van der Waals surface area contributed by atoms with Crippen LogP contribution in [0.1, 0.15) is 11.3 Å². The van der Waals surface area contributed by atoms with Crippen LogP contribution < -0.4 is 10.5 Å². The average Bonchev–Trinajstić information content (AvgIpc) is 2.97. The molecule has 0 aliphatic carbocycles. The number of carbonyl (C=O) groups is 1. The van der Waals surface area contributed by atoms with Gasteiger partial charge in [0.2, 0.25) is 5.91 Å². The predicted molar refractivity (Wildman–Crippen MR) is 104 cm³/mol. The van der Waals surface area contributed by atoms with Crippen molar-refractivity contribution in [1.29, 1.82) is 0 Å². The number of methoxy groups -OCH3 is 1. The number of pyridine rings is 1. The number of ether oxygens (including phenoxy) is 1. The molecule has 2 aromatic heterocycles. The molecule has 1 amide bonds. The standard InChI is InChI=1S/C20H22N4O2/c1-23(20(25)10-8-14-7-9-19(21)22-12-14)13-15-11-16-17(24(15)2)5-4-6-18(16)26-3/h4-12H,13H2,1-3H3,(H2,21,22)/b10-8+. The zero-order valence-electron chi connectivity index (χ0n) is 15.1. The van der Waals surface area contributed by atoms with Crippen LogP contribution in [0.25, 0.3) is 17.0 Å². The molecule has 0 unspecified atom stereocenters. The topological polar surface area (TPSA) is 73.4 Å². The molecule has 0 bridgehead atoms. The van der Waals surface area contributed by atoms with Crippen LogP contribution in [-0.4, -0.2) is 34.5 Å². The Balaban J connectivity index is 1.76. The van der Waals surface area contributed by atoms with Crippen molar-refractivity contribution in [3.05, 3.63) is 59.9 Å². The lowest BCUT2D eigenvalue weighted by Crippen LogP contribution is -2.25. The number of hydrogen-bond acceptors (Lipinski definition) is 4. The maximum absolute atomic E-state index is 12.4. The van der Waals surface area contributed by atoms with Crippen molar-refractivity contribution in [3.63, 3.8) is 0 Å². The Kier molecular flexibility index (Phi) is 4.93. The molecule has 3 rings (SSSR count). The number of likely N-dealkylation sites (N-methyl/N-ethyl adjacent to an activating group) is 1. The van der Waals surface area contributed by atoms with Gasteiger partial charge >= 0.3 is 0 Å². The number of hydrogen-bond donors (Lipinski definition) is 1. The van der Waals surface area contributed by atoms with E-state index < -0.39 is 0 Å². The summed E-state index contributed by atoms with van der Waals surface area (Å²) in [6.07, 6.45) is 4.90. The highest BCUT2D eigenvalue weighted by Gasteiger charge is 2.13. The summed E-state index contributed by atoms with van der Waals surface area (Å²) in [6.45, 7) is 0.498. The second-order valence-electron chi connectivity index (χ2n) is 6.13. The molecule has 2 N–H and O–H groups in total. The highest BCUT2D eigenvalue weighted by atomic mass is 16.5. The first-order chi connectivity index (χ1) is 12.5. The maximum Gasteiger partial charge on any atom is 0.246 e. The van der Waals surface area contributed by atoms with E-state index in [0.717, 1.165) is 27.9 Å². The number of nitrogen functional groups attached to an aromatic ring is 1. The Morgan fingerprint density at radius 1 is 1.35 bits per heavy atom. The fourth-order valence-corrected chi connectivity index (χ4v) is 2.85. The molecule has 134 valence electrons. The zero-order chi connectivity index (χ0) is 18.7. The summed E-state index contributed by atoms with van der Waals surface area (Å²) in [5, 5.41) is 1.04. The summed E-state index contributed by atoms with van der Waals surface area (Å²) in [4.78, 5) is 18.1. The fourth-order valence-electron chi connectivity index (χ4n) is 2.85. The Morgan fingerprint density at radius 3 is 2.85 bits per heavy atom. The van der Waals surface area contributed by atoms with E-state index in [-0.39, 0.29) is 5.91 Å². The van der Waals surface area contributed by atoms with Crippen molar-refractivity contribution in [2.45, 2.75) is 6.54 Å². The third-order valence-electron chi connectivity index (χ3n) is 4.37. The molecule has 0 aliphatic rings. The van der Waals surface area contributed by atoms with Gasteiger partial charge in [0, 0.05) is 37.4 Å². The van der Waals surface area contributed by atoms with Crippen molar-refractivity contribution in [3.8, 4) is 5.75 Å². The zero-order valence-corrected chi connectivity index (χ0v) is 15.1. The van der Waals surface area contributed by atoms with Gasteiger partial charge in [-0.15, -0.1) is 0 Å². The fraction of sp³-hybridized carbons (Fsp3) is 0.200. The average molecular weight is 350 g/mol. The molecule has 0 atom stereocenters. The summed E-state index contributed by atoms with van der Waals surface area (Å²) < 4.78 is 7.50. The molecule has 6 heteroatoms. The second-order valence-corrected chi connectivity index (χ2v) is 6.13. The monoisotopic (exact) mass is 350 g/mol. The molecule has 2 heterocycles. The number of amides is 1. The molecule has 0 aliphatic heterocycles. The van der Waals surface area contributed by atoms with Crippen LogP contribution >= 0.6 is 0 Å². The Labute approximate surface area is 152 Å². The van der Waals surface area contributed by atoms with Crippen LogP contribution in [0.5, 0.6) is 5.75 Å². The Bertz CT molecular complexity index is 958. The summed E-state index contributed by atoms with van der Waals surface area (Å²) in [7, 11) is 5.43. The molecule has 26 heavy (non-hydrogen) atoms. The van der Waals surface area contributed by atoms with Gasteiger partial charge in [0.05, 0.1) is 19.2 Å². The molecule has 3 aromatic rings. The van der Waals surface area contributed by atoms with Crippen LogP contribution in [0.4, 0.5) is 5.82 Å². The summed E-state index contributed by atoms with van der Waals surface area (Å²) in [5.74, 6) is 1.20. The lowest BCUT2D eigenvalue weighted by Gasteiger charge is -2.15. The van der Waals surface area contributed by atoms with E-state index in [4.69, 9.17) is 10.5 Å². The molecule has 0 fully saturated rings. The number of nitrogens with two attached hydrogens (primary N) is 1. The van der Waals surface area contributed by atoms with Gasteiger partial charge in [-0.25, -0.2) is 4.98 Å². The molecule has 0 spiro atoms. The van der Waals surface area contributed by atoms with E-state index in [0.29, 0.717) is 12.4 Å². The molecule has 0 radical (unpaired) electrons. The number of rotatable bonds is 5. The quantitative estimate of drug-likeness (QED) is 0.718. The Morgan fingerprint density at radius 2 is 2.15 bits per heavy atom. The smallest absolute Gasteiger partial charge is 0.246 e. The molecular weight excluding hydrogens is 328 g/mol. The normalized spacial score (nSPS) is 11.2. The first kappa shape index (κ1) is 17.5. The van der Waals surface area contributed by atoms with Crippen molar-refractivity contribution >= 4 is 28.7 Å². The van der Waals surface area contributed by atoms with E-state index >= 15 is 0 Å². The van der Waals surface area contributed by atoms with Gasteiger partial charge < -0.3 is 19.9 Å². The largest absolute Gasteiger partial charge is 0.496 e. The first-order valence-corrected chi connectivity index (χ1v) is 8.25. The van der Waals surface area contributed by atoms with Crippen molar-refractivity contribution in [2.24, 2.45) is 7.05 Å². The lowest BCUT2D eigenvalue weighted by atomic mass is 10.2. The number of carbonyl (C=O) groups excluding carboxylic acids is 1. The second kappa shape index (κ2) is 7.31. The number of nitrogens with zero attached hydrogens (tertiary/aromatic N) is 3. The highest BCUT2D eigenvalue weighted by molar-refractivity contribution is 5.92. The number of anilines is 1. The van der Waals surface area contributed by atoms with Crippen LogP contribution in [0.3, 0.4) is 0 Å². The summed E-state index contributed by atoms with van der Waals surface area (Å²) in [5.41, 5.74) is 8.49. The number of benzene rings is 1. The van der Waals surface area contributed by atoms with Gasteiger partial charge in [-0.1, -0.05) is 6.07 Å². The van der Waals surface area contributed by atoms with E-state index in [2.05, 4.69) is 15.6 Å². The third-order valence-corrected chi connectivity index (χ3v) is 4.37.